The van der Waals surface area contributed by atoms with Crippen LogP contribution in [0.2, 0.25) is 0 Å². The summed E-state index contributed by atoms with van der Waals surface area (Å²) in [6, 6.07) is 13.9. The fourth-order valence-corrected chi connectivity index (χ4v) is 2.64. The quantitative estimate of drug-likeness (QED) is 0.742. The first-order chi connectivity index (χ1) is 9.65. The Hall–Kier alpha value is -2.07. The molecule has 2 aromatic carbocycles. The molecule has 20 heavy (non-hydrogen) atoms. The van der Waals surface area contributed by atoms with Crippen LogP contribution < -0.4 is 10.5 Å². The lowest BCUT2D eigenvalue weighted by Gasteiger charge is -2.11. The second kappa shape index (κ2) is 5.13. The van der Waals surface area contributed by atoms with Gasteiger partial charge in [0, 0.05) is 6.20 Å². The van der Waals surface area contributed by atoms with Gasteiger partial charge < -0.3 is 10.5 Å². The Kier molecular flexibility index (Phi) is 3.32. The van der Waals surface area contributed by atoms with E-state index < -0.39 is 0 Å². The van der Waals surface area contributed by atoms with E-state index in [0.717, 1.165) is 20.8 Å². The zero-order chi connectivity index (χ0) is 14.1. The molecule has 0 atom stereocenters. The van der Waals surface area contributed by atoms with Crippen LogP contribution in [0.1, 0.15) is 5.56 Å². The minimum Gasteiger partial charge on any atom is -0.436 e. The lowest BCUT2D eigenvalue weighted by molar-refractivity contribution is 0.463. The predicted octanol–water partition coefficient (Wildman–Crippen LogP) is 4.68. The Morgan fingerprint density at radius 2 is 1.95 bits per heavy atom. The third kappa shape index (κ3) is 2.34. The molecule has 0 aliphatic carbocycles. The fourth-order valence-electron chi connectivity index (χ4n) is 2.06. The summed E-state index contributed by atoms with van der Waals surface area (Å²) in [5, 5.41) is 2.24. The average molecular weight is 329 g/mol. The van der Waals surface area contributed by atoms with Gasteiger partial charge in [-0.2, -0.15) is 0 Å². The standard InChI is InChI=1S/C16H13BrN2O/c1-10-8-13(18)16(19-9-10)20-14-7-6-11-4-2-3-5-12(11)15(14)17/h2-9H,18H2,1H3. The maximum Gasteiger partial charge on any atom is 0.242 e. The van der Waals surface area contributed by atoms with Crippen LogP contribution in [-0.4, -0.2) is 4.98 Å². The van der Waals surface area contributed by atoms with Crippen LogP contribution in [0.3, 0.4) is 0 Å². The van der Waals surface area contributed by atoms with Crippen molar-refractivity contribution in [3.05, 3.63) is 58.7 Å². The summed E-state index contributed by atoms with van der Waals surface area (Å²) in [4.78, 5) is 4.23. The Morgan fingerprint density at radius 3 is 2.75 bits per heavy atom. The molecule has 1 heterocycles. The van der Waals surface area contributed by atoms with Crippen molar-refractivity contribution in [2.75, 3.05) is 5.73 Å². The minimum absolute atomic E-state index is 0.423. The lowest BCUT2D eigenvalue weighted by Crippen LogP contribution is -1.96. The summed E-state index contributed by atoms with van der Waals surface area (Å²) in [5.41, 5.74) is 7.47. The van der Waals surface area contributed by atoms with Crippen LogP contribution in [0, 0.1) is 6.92 Å². The number of nitrogens with two attached hydrogens (primary N) is 1. The van der Waals surface area contributed by atoms with Crippen LogP contribution in [0.5, 0.6) is 11.6 Å². The third-order valence-corrected chi connectivity index (χ3v) is 3.87. The van der Waals surface area contributed by atoms with Crippen LogP contribution in [0.25, 0.3) is 10.8 Å². The number of halogens is 1. The molecular formula is C16H13BrN2O. The van der Waals surface area contributed by atoms with Gasteiger partial charge in [-0.1, -0.05) is 30.3 Å². The molecule has 0 saturated heterocycles. The molecular weight excluding hydrogens is 316 g/mol. The van der Waals surface area contributed by atoms with Crippen molar-refractivity contribution >= 4 is 32.4 Å². The first kappa shape index (κ1) is 12.9. The molecule has 3 aromatic rings. The highest BCUT2D eigenvalue weighted by atomic mass is 79.9. The zero-order valence-corrected chi connectivity index (χ0v) is 12.5. The number of fused-ring (bicyclic) bond motifs is 1. The highest BCUT2D eigenvalue weighted by molar-refractivity contribution is 9.10. The van der Waals surface area contributed by atoms with E-state index in [2.05, 4.69) is 27.0 Å². The van der Waals surface area contributed by atoms with Crippen LogP contribution in [0.4, 0.5) is 5.69 Å². The largest absolute Gasteiger partial charge is 0.436 e. The second-order valence-corrected chi connectivity index (χ2v) is 5.40. The van der Waals surface area contributed by atoms with Gasteiger partial charge >= 0.3 is 0 Å². The van der Waals surface area contributed by atoms with Crippen molar-refractivity contribution in [1.82, 2.24) is 4.98 Å². The molecule has 2 N–H and O–H groups in total. The summed E-state index contributed by atoms with van der Waals surface area (Å²) in [7, 11) is 0. The van der Waals surface area contributed by atoms with Gasteiger partial charge in [0.15, 0.2) is 0 Å². The van der Waals surface area contributed by atoms with Crippen molar-refractivity contribution < 1.29 is 4.74 Å². The molecule has 3 nitrogen and oxygen atoms in total. The summed E-state index contributed by atoms with van der Waals surface area (Å²) in [6.45, 7) is 1.94. The molecule has 0 aliphatic heterocycles. The van der Waals surface area contributed by atoms with Crippen molar-refractivity contribution in [2.24, 2.45) is 0 Å². The zero-order valence-electron chi connectivity index (χ0n) is 10.9. The second-order valence-electron chi connectivity index (χ2n) is 4.61. The lowest BCUT2D eigenvalue weighted by atomic mass is 10.1. The highest BCUT2D eigenvalue weighted by Crippen LogP contribution is 2.36. The van der Waals surface area contributed by atoms with Crippen molar-refractivity contribution in [3.63, 3.8) is 0 Å². The maximum atomic E-state index is 5.93. The van der Waals surface area contributed by atoms with E-state index >= 15 is 0 Å². The van der Waals surface area contributed by atoms with Crippen molar-refractivity contribution in [2.45, 2.75) is 6.92 Å². The topological polar surface area (TPSA) is 48.1 Å². The van der Waals surface area contributed by atoms with Crippen LogP contribution in [-0.2, 0) is 0 Å². The minimum atomic E-state index is 0.423. The van der Waals surface area contributed by atoms with Crippen molar-refractivity contribution in [3.8, 4) is 11.6 Å². The molecule has 0 spiro atoms. The Bertz CT molecular complexity index is 787. The smallest absolute Gasteiger partial charge is 0.242 e. The molecule has 0 bridgehead atoms. The van der Waals surface area contributed by atoms with Gasteiger partial charge in [-0.3, -0.25) is 0 Å². The van der Waals surface area contributed by atoms with Gasteiger partial charge in [-0.25, -0.2) is 4.98 Å². The number of ether oxygens (including phenoxy) is 1. The van der Waals surface area contributed by atoms with E-state index in [1.807, 2.05) is 43.3 Å². The molecule has 0 fully saturated rings. The molecule has 0 radical (unpaired) electrons. The average Bonchev–Trinajstić information content (AvgIpc) is 2.45. The number of aromatic nitrogens is 1. The van der Waals surface area contributed by atoms with Gasteiger partial charge in [0.25, 0.3) is 0 Å². The highest BCUT2D eigenvalue weighted by Gasteiger charge is 2.09. The summed E-state index contributed by atoms with van der Waals surface area (Å²) >= 11 is 3.58. The molecule has 0 aliphatic rings. The number of nitrogen functional groups attached to an aromatic ring is 1. The molecule has 0 saturated carbocycles. The van der Waals surface area contributed by atoms with E-state index in [9.17, 15) is 0 Å². The Morgan fingerprint density at radius 1 is 1.15 bits per heavy atom. The van der Waals surface area contributed by atoms with Gasteiger partial charge in [0.05, 0.1) is 10.2 Å². The van der Waals surface area contributed by atoms with E-state index in [1.54, 1.807) is 6.20 Å². The number of anilines is 1. The van der Waals surface area contributed by atoms with E-state index in [4.69, 9.17) is 10.5 Å². The first-order valence-electron chi connectivity index (χ1n) is 6.22. The Balaban J connectivity index is 2.04. The summed E-state index contributed by atoms with van der Waals surface area (Å²) in [5.74, 6) is 1.12. The van der Waals surface area contributed by atoms with Gasteiger partial charge in [-0.05, 0) is 51.3 Å². The van der Waals surface area contributed by atoms with Gasteiger partial charge in [0.1, 0.15) is 5.75 Å². The molecule has 100 valence electrons. The van der Waals surface area contributed by atoms with E-state index in [0.29, 0.717) is 17.3 Å². The molecule has 4 heteroatoms. The summed E-state index contributed by atoms with van der Waals surface area (Å²) in [6.07, 6.45) is 1.74. The number of aryl methyl sites for hydroxylation is 1. The number of hydrogen-bond donors (Lipinski definition) is 1. The number of hydrogen-bond acceptors (Lipinski definition) is 3. The first-order valence-corrected chi connectivity index (χ1v) is 7.01. The Labute approximate surface area is 125 Å². The third-order valence-electron chi connectivity index (χ3n) is 3.05. The normalized spacial score (nSPS) is 10.7. The van der Waals surface area contributed by atoms with E-state index in [1.165, 1.54) is 0 Å². The van der Waals surface area contributed by atoms with Gasteiger partial charge in [-0.15, -0.1) is 0 Å². The maximum absolute atomic E-state index is 5.93. The van der Waals surface area contributed by atoms with Crippen LogP contribution in [0.15, 0.2) is 53.1 Å². The summed E-state index contributed by atoms with van der Waals surface area (Å²) < 4.78 is 6.72. The number of nitrogens with zero attached hydrogens (tertiary/aromatic N) is 1. The monoisotopic (exact) mass is 328 g/mol. The van der Waals surface area contributed by atoms with Gasteiger partial charge in [0.2, 0.25) is 5.88 Å². The SMILES string of the molecule is Cc1cnc(Oc2ccc3ccccc3c2Br)c(N)c1. The number of benzene rings is 2. The molecule has 1 aromatic heterocycles. The molecule has 0 unspecified atom stereocenters. The number of rotatable bonds is 2. The molecule has 3 rings (SSSR count). The van der Waals surface area contributed by atoms with Crippen molar-refractivity contribution in [1.29, 1.82) is 0 Å². The fraction of sp³-hybridized carbons (Fsp3) is 0.0625. The number of pyridine rings is 1. The molecule has 0 amide bonds. The predicted molar refractivity (Wildman–Crippen MR) is 85.1 cm³/mol. The van der Waals surface area contributed by atoms with E-state index in [-0.39, 0.29) is 0 Å². The van der Waals surface area contributed by atoms with Crippen LogP contribution >= 0.6 is 15.9 Å².